The minimum Gasteiger partial charge on any atom is -0.505 e. The van der Waals surface area contributed by atoms with Gasteiger partial charge in [0, 0.05) is 0 Å². The standard InChI is InChI=1S/C14H13FO2/c1-9-7-11(17-2)4-5-12(9)10-3-6-13(15)14(16)8-10/h3-8,16H,1-2H3. The van der Waals surface area contributed by atoms with Crippen molar-refractivity contribution in [1.82, 2.24) is 0 Å². The van der Waals surface area contributed by atoms with E-state index in [2.05, 4.69) is 0 Å². The topological polar surface area (TPSA) is 29.5 Å². The maximum Gasteiger partial charge on any atom is 0.164 e. The predicted octanol–water partition coefficient (Wildman–Crippen LogP) is 3.52. The van der Waals surface area contributed by atoms with Gasteiger partial charge in [-0.05, 0) is 47.9 Å². The Hall–Kier alpha value is -2.03. The zero-order valence-corrected chi connectivity index (χ0v) is 9.70. The number of benzene rings is 2. The Bertz CT molecular complexity index is 550. The number of hydrogen-bond donors (Lipinski definition) is 1. The maximum absolute atomic E-state index is 13.0. The molecule has 2 rings (SSSR count). The lowest BCUT2D eigenvalue weighted by atomic mass is 10.00. The molecule has 0 radical (unpaired) electrons. The van der Waals surface area contributed by atoms with Crippen molar-refractivity contribution in [2.24, 2.45) is 0 Å². The lowest BCUT2D eigenvalue weighted by molar-refractivity contribution is 0.414. The number of aryl methyl sites for hydroxylation is 1. The number of methoxy groups -OCH3 is 1. The summed E-state index contributed by atoms with van der Waals surface area (Å²) >= 11 is 0. The molecule has 2 aromatic rings. The van der Waals surface area contributed by atoms with Gasteiger partial charge in [0.25, 0.3) is 0 Å². The molecule has 2 nitrogen and oxygen atoms in total. The van der Waals surface area contributed by atoms with Gasteiger partial charge >= 0.3 is 0 Å². The molecule has 0 fully saturated rings. The number of ether oxygens (including phenoxy) is 1. The number of phenolic OH excluding ortho intramolecular Hbond substituents is 1. The highest BCUT2D eigenvalue weighted by molar-refractivity contribution is 5.69. The van der Waals surface area contributed by atoms with E-state index in [9.17, 15) is 9.50 Å². The van der Waals surface area contributed by atoms with E-state index in [1.54, 1.807) is 13.2 Å². The van der Waals surface area contributed by atoms with E-state index in [0.717, 1.165) is 22.4 Å². The van der Waals surface area contributed by atoms with Crippen molar-refractivity contribution >= 4 is 0 Å². The van der Waals surface area contributed by atoms with E-state index in [4.69, 9.17) is 4.74 Å². The Morgan fingerprint density at radius 2 is 1.88 bits per heavy atom. The molecule has 0 aromatic heterocycles. The molecule has 0 amide bonds. The highest BCUT2D eigenvalue weighted by Gasteiger charge is 2.06. The van der Waals surface area contributed by atoms with Crippen LogP contribution in [0.1, 0.15) is 5.56 Å². The van der Waals surface area contributed by atoms with Crippen molar-refractivity contribution in [2.75, 3.05) is 7.11 Å². The summed E-state index contributed by atoms with van der Waals surface area (Å²) in [4.78, 5) is 0. The number of aromatic hydroxyl groups is 1. The number of halogens is 1. The molecule has 1 N–H and O–H groups in total. The van der Waals surface area contributed by atoms with Crippen LogP contribution in [0.15, 0.2) is 36.4 Å². The summed E-state index contributed by atoms with van der Waals surface area (Å²) in [6.07, 6.45) is 0. The molecule has 0 saturated carbocycles. The van der Waals surface area contributed by atoms with Crippen molar-refractivity contribution in [1.29, 1.82) is 0 Å². The summed E-state index contributed by atoms with van der Waals surface area (Å²) in [6.45, 7) is 1.94. The first kappa shape index (κ1) is 11.5. The lowest BCUT2D eigenvalue weighted by Crippen LogP contribution is -1.88. The average molecular weight is 232 g/mol. The van der Waals surface area contributed by atoms with Gasteiger partial charge in [-0.3, -0.25) is 0 Å². The van der Waals surface area contributed by atoms with E-state index in [-0.39, 0.29) is 5.75 Å². The minimum atomic E-state index is -0.611. The van der Waals surface area contributed by atoms with Crippen molar-refractivity contribution in [3.8, 4) is 22.6 Å². The smallest absolute Gasteiger partial charge is 0.164 e. The molecule has 0 spiro atoms. The summed E-state index contributed by atoms with van der Waals surface area (Å²) in [7, 11) is 1.61. The molecule has 0 unspecified atom stereocenters. The normalized spacial score (nSPS) is 10.3. The van der Waals surface area contributed by atoms with Crippen LogP contribution in [0.2, 0.25) is 0 Å². The fourth-order valence-corrected chi connectivity index (χ4v) is 1.77. The van der Waals surface area contributed by atoms with Crippen LogP contribution in [0.4, 0.5) is 4.39 Å². The first-order valence-corrected chi connectivity index (χ1v) is 5.25. The van der Waals surface area contributed by atoms with Crippen LogP contribution in [-0.2, 0) is 0 Å². The Morgan fingerprint density at radius 3 is 2.47 bits per heavy atom. The molecule has 0 aliphatic carbocycles. The predicted molar refractivity (Wildman–Crippen MR) is 64.8 cm³/mol. The summed E-state index contributed by atoms with van der Waals surface area (Å²) < 4.78 is 18.1. The Kier molecular flexibility index (Phi) is 3.00. The average Bonchev–Trinajstić information content (AvgIpc) is 2.32. The van der Waals surface area contributed by atoms with Crippen molar-refractivity contribution in [2.45, 2.75) is 6.92 Å². The quantitative estimate of drug-likeness (QED) is 0.858. The van der Waals surface area contributed by atoms with Gasteiger partial charge in [0.1, 0.15) is 5.75 Å². The van der Waals surface area contributed by atoms with E-state index in [1.165, 1.54) is 12.1 Å². The molecule has 17 heavy (non-hydrogen) atoms. The largest absolute Gasteiger partial charge is 0.505 e. The van der Waals surface area contributed by atoms with Crippen LogP contribution in [-0.4, -0.2) is 12.2 Å². The fraction of sp³-hybridized carbons (Fsp3) is 0.143. The van der Waals surface area contributed by atoms with Crippen LogP contribution >= 0.6 is 0 Å². The third-order valence-electron chi connectivity index (χ3n) is 2.69. The van der Waals surface area contributed by atoms with Gasteiger partial charge in [-0.15, -0.1) is 0 Å². The molecule has 2 aromatic carbocycles. The van der Waals surface area contributed by atoms with Gasteiger partial charge < -0.3 is 9.84 Å². The third kappa shape index (κ3) is 2.23. The van der Waals surface area contributed by atoms with Crippen molar-refractivity contribution < 1.29 is 14.2 Å². The molecule has 0 atom stereocenters. The zero-order chi connectivity index (χ0) is 12.4. The molecular weight excluding hydrogens is 219 g/mol. The van der Waals surface area contributed by atoms with Gasteiger partial charge in [0.05, 0.1) is 7.11 Å². The molecule has 0 saturated heterocycles. The highest BCUT2D eigenvalue weighted by Crippen LogP contribution is 2.29. The van der Waals surface area contributed by atoms with E-state index < -0.39 is 5.82 Å². The van der Waals surface area contributed by atoms with Crippen molar-refractivity contribution in [3.05, 3.63) is 47.8 Å². The fourth-order valence-electron chi connectivity index (χ4n) is 1.77. The van der Waals surface area contributed by atoms with Crippen LogP contribution in [0.25, 0.3) is 11.1 Å². The van der Waals surface area contributed by atoms with Gasteiger partial charge in [-0.2, -0.15) is 0 Å². The number of phenols is 1. The monoisotopic (exact) mass is 232 g/mol. The summed E-state index contributed by atoms with van der Waals surface area (Å²) in [5.74, 6) is -0.171. The van der Waals surface area contributed by atoms with Crippen LogP contribution in [0, 0.1) is 12.7 Å². The number of hydrogen-bond acceptors (Lipinski definition) is 2. The molecule has 0 bridgehead atoms. The Balaban J connectivity index is 2.49. The Morgan fingerprint density at radius 1 is 1.12 bits per heavy atom. The third-order valence-corrected chi connectivity index (χ3v) is 2.69. The van der Waals surface area contributed by atoms with E-state index >= 15 is 0 Å². The van der Waals surface area contributed by atoms with Gasteiger partial charge in [0.15, 0.2) is 11.6 Å². The van der Waals surface area contributed by atoms with E-state index in [0.29, 0.717) is 0 Å². The first-order chi connectivity index (χ1) is 8.11. The SMILES string of the molecule is COc1ccc(-c2ccc(F)c(O)c2)c(C)c1. The molecule has 0 aliphatic rings. The molecular formula is C14H13FO2. The molecule has 0 aliphatic heterocycles. The van der Waals surface area contributed by atoms with Crippen LogP contribution in [0.5, 0.6) is 11.5 Å². The first-order valence-electron chi connectivity index (χ1n) is 5.25. The minimum absolute atomic E-state index is 0.335. The van der Waals surface area contributed by atoms with Crippen LogP contribution in [0.3, 0.4) is 0 Å². The van der Waals surface area contributed by atoms with Gasteiger partial charge in [-0.1, -0.05) is 12.1 Å². The van der Waals surface area contributed by atoms with Gasteiger partial charge in [0.2, 0.25) is 0 Å². The molecule has 0 heterocycles. The molecule has 88 valence electrons. The molecule has 3 heteroatoms. The highest BCUT2D eigenvalue weighted by atomic mass is 19.1. The second-order valence-corrected chi connectivity index (χ2v) is 3.85. The lowest BCUT2D eigenvalue weighted by Gasteiger charge is -2.08. The van der Waals surface area contributed by atoms with Crippen LogP contribution < -0.4 is 4.74 Å². The van der Waals surface area contributed by atoms with Crippen molar-refractivity contribution in [3.63, 3.8) is 0 Å². The summed E-state index contributed by atoms with van der Waals surface area (Å²) in [5, 5.41) is 9.35. The second-order valence-electron chi connectivity index (χ2n) is 3.85. The zero-order valence-electron chi connectivity index (χ0n) is 9.70. The summed E-state index contributed by atoms with van der Waals surface area (Å²) in [6, 6.07) is 9.95. The Labute approximate surface area is 99.3 Å². The number of rotatable bonds is 2. The summed E-state index contributed by atoms with van der Waals surface area (Å²) in [5.41, 5.74) is 2.74. The van der Waals surface area contributed by atoms with E-state index in [1.807, 2.05) is 25.1 Å². The second kappa shape index (κ2) is 4.45. The van der Waals surface area contributed by atoms with Gasteiger partial charge in [-0.25, -0.2) is 4.39 Å². The maximum atomic E-state index is 13.0.